The lowest BCUT2D eigenvalue weighted by molar-refractivity contribution is -0.149. The lowest BCUT2D eigenvalue weighted by atomic mass is 9.97. The number of benzene rings is 1. The molecule has 0 spiro atoms. The van der Waals surface area contributed by atoms with Crippen LogP contribution < -0.4 is 0 Å². The van der Waals surface area contributed by atoms with E-state index in [1.807, 2.05) is 6.92 Å². The van der Waals surface area contributed by atoms with Gasteiger partial charge < -0.3 is 9.64 Å². The zero-order chi connectivity index (χ0) is 19.4. The zero-order valence-corrected chi connectivity index (χ0v) is 15.7. The predicted molar refractivity (Wildman–Crippen MR) is 98.2 cm³/mol. The second-order valence-corrected chi connectivity index (χ2v) is 6.59. The Morgan fingerprint density at radius 1 is 1.26 bits per heavy atom. The molecular formula is C20H24FN3O3. The van der Waals surface area contributed by atoms with Crippen molar-refractivity contribution in [2.45, 2.75) is 33.1 Å². The second-order valence-electron chi connectivity index (χ2n) is 6.59. The first-order valence-electron chi connectivity index (χ1n) is 9.33. The summed E-state index contributed by atoms with van der Waals surface area (Å²) in [4.78, 5) is 26.8. The molecular weight excluding hydrogens is 349 g/mol. The normalized spacial score (nSPS) is 17.0. The second kappa shape index (κ2) is 8.33. The van der Waals surface area contributed by atoms with E-state index in [2.05, 4.69) is 5.10 Å². The summed E-state index contributed by atoms with van der Waals surface area (Å²) in [5.74, 6) is -0.972. The Labute approximate surface area is 157 Å². The molecule has 0 aliphatic carbocycles. The number of esters is 1. The SMILES string of the molecule is CCOC(=O)C1CCCN(C(=O)c2cnn(-c3ccc(F)cc3)c2CC)C1. The maximum absolute atomic E-state index is 13.2. The molecule has 1 atom stereocenters. The number of rotatable bonds is 5. The van der Waals surface area contributed by atoms with Gasteiger partial charge in [-0.25, -0.2) is 9.07 Å². The molecule has 1 aromatic carbocycles. The van der Waals surface area contributed by atoms with Crippen LogP contribution in [0.15, 0.2) is 30.5 Å². The summed E-state index contributed by atoms with van der Waals surface area (Å²) in [6, 6.07) is 6.00. The fraction of sp³-hybridized carbons (Fsp3) is 0.450. The Morgan fingerprint density at radius 3 is 2.67 bits per heavy atom. The van der Waals surface area contributed by atoms with Crippen LogP contribution in [0.3, 0.4) is 0 Å². The van der Waals surface area contributed by atoms with Gasteiger partial charge in [-0.05, 0) is 50.5 Å². The number of ether oxygens (including phenoxy) is 1. The largest absolute Gasteiger partial charge is 0.466 e. The van der Waals surface area contributed by atoms with Crippen molar-refractivity contribution in [1.82, 2.24) is 14.7 Å². The molecule has 2 aromatic rings. The van der Waals surface area contributed by atoms with Crippen LogP contribution in [0.1, 0.15) is 42.7 Å². The van der Waals surface area contributed by atoms with Gasteiger partial charge in [0.05, 0.1) is 35.7 Å². The van der Waals surface area contributed by atoms with E-state index in [4.69, 9.17) is 4.74 Å². The summed E-state index contributed by atoms with van der Waals surface area (Å²) in [7, 11) is 0. The maximum Gasteiger partial charge on any atom is 0.310 e. The molecule has 0 radical (unpaired) electrons. The standard InChI is InChI=1S/C20H24FN3O3/c1-3-18-17(12-22-24(18)16-9-7-15(21)8-10-16)19(25)23-11-5-6-14(13-23)20(26)27-4-2/h7-10,12,14H,3-6,11,13H2,1-2H3. The van der Waals surface area contributed by atoms with E-state index < -0.39 is 0 Å². The third kappa shape index (κ3) is 4.02. The summed E-state index contributed by atoms with van der Waals surface area (Å²) < 4.78 is 20.0. The number of aromatic nitrogens is 2. The smallest absolute Gasteiger partial charge is 0.310 e. The molecule has 1 aromatic heterocycles. The first-order valence-corrected chi connectivity index (χ1v) is 9.33. The third-order valence-electron chi connectivity index (χ3n) is 4.83. The van der Waals surface area contributed by atoms with Gasteiger partial charge in [0, 0.05) is 13.1 Å². The number of carbonyl (C=O) groups excluding carboxylic acids is 2. The van der Waals surface area contributed by atoms with Crippen LogP contribution in [-0.4, -0.2) is 46.3 Å². The summed E-state index contributed by atoms with van der Waals surface area (Å²) in [6.07, 6.45) is 3.66. The first-order chi connectivity index (χ1) is 13.0. The summed E-state index contributed by atoms with van der Waals surface area (Å²) >= 11 is 0. The van der Waals surface area contributed by atoms with Crippen LogP contribution in [0, 0.1) is 11.7 Å². The van der Waals surface area contributed by atoms with Gasteiger partial charge in [-0.2, -0.15) is 5.10 Å². The minimum Gasteiger partial charge on any atom is -0.466 e. The highest BCUT2D eigenvalue weighted by molar-refractivity contribution is 5.95. The van der Waals surface area contributed by atoms with Crippen molar-refractivity contribution in [2.24, 2.45) is 5.92 Å². The molecule has 1 aliphatic rings. The van der Waals surface area contributed by atoms with Crippen LogP contribution in [0.5, 0.6) is 0 Å². The zero-order valence-electron chi connectivity index (χ0n) is 15.7. The number of piperidine rings is 1. The predicted octanol–water partition coefficient (Wildman–Crippen LogP) is 2.99. The molecule has 7 heteroatoms. The molecule has 144 valence electrons. The summed E-state index contributed by atoms with van der Waals surface area (Å²) in [6.45, 7) is 5.04. The monoisotopic (exact) mass is 373 g/mol. The van der Waals surface area contributed by atoms with Crippen molar-refractivity contribution in [3.63, 3.8) is 0 Å². The fourth-order valence-corrected chi connectivity index (χ4v) is 3.48. The van der Waals surface area contributed by atoms with Crippen LogP contribution in [0.4, 0.5) is 4.39 Å². The molecule has 0 N–H and O–H groups in total. The van der Waals surface area contributed by atoms with Gasteiger partial charge in [0.25, 0.3) is 5.91 Å². The van der Waals surface area contributed by atoms with Crippen LogP contribution in [0.25, 0.3) is 5.69 Å². The first kappa shape index (κ1) is 19.1. The van der Waals surface area contributed by atoms with Gasteiger partial charge >= 0.3 is 5.97 Å². The molecule has 1 aliphatic heterocycles. The molecule has 1 fully saturated rings. The van der Waals surface area contributed by atoms with E-state index >= 15 is 0 Å². The van der Waals surface area contributed by atoms with Crippen molar-refractivity contribution in [1.29, 1.82) is 0 Å². The summed E-state index contributed by atoms with van der Waals surface area (Å²) in [5.41, 5.74) is 1.99. The highest BCUT2D eigenvalue weighted by atomic mass is 19.1. The number of hydrogen-bond donors (Lipinski definition) is 0. The van der Waals surface area contributed by atoms with Gasteiger partial charge in [0.2, 0.25) is 0 Å². The Bertz CT molecular complexity index is 816. The lowest BCUT2D eigenvalue weighted by Crippen LogP contribution is -2.43. The molecule has 1 saturated heterocycles. The van der Waals surface area contributed by atoms with Crippen LogP contribution >= 0.6 is 0 Å². The minimum atomic E-state index is -0.321. The minimum absolute atomic E-state index is 0.130. The Balaban J connectivity index is 1.82. The van der Waals surface area contributed by atoms with Gasteiger partial charge in [-0.1, -0.05) is 6.92 Å². The van der Waals surface area contributed by atoms with E-state index in [0.717, 1.165) is 18.5 Å². The van der Waals surface area contributed by atoms with E-state index in [1.165, 1.54) is 12.1 Å². The molecule has 6 nitrogen and oxygen atoms in total. The number of halogens is 1. The Kier molecular flexibility index (Phi) is 5.88. The van der Waals surface area contributed by atoms with Gasteiger partial charge in [-0.15, -0.1) is 0 Å². The van der Waals surface area contributed by atoms with Crippen molar-refractivity contribution in [3.05, 3.63) is 47.5 Å². The van der Waals surface area contributed by atoms with Crippen molar-refractivity contribution in [2.75, 3.05) is 19.7 Å². The maximum atomic E-state index is 13.2. The Morgan fingerprint density at radius 2 is 2.00 bits per heavy atom. The molecule has 0 saturated carbocycles. The van der Waals surface area contributed by atoms with E-state index in [0.29, 0.717) is 37.4 Å². The molecule has 0 bridgehead atoms. The highest BCUT2D eigenvalue weighted by Crippen LogP contribution is 2.23. The number of carbonyl (C=O) groups is 2. The highest BCUT2D eigenvalue weighted by Gasteiger charge is 2.31. The van der Waals surface area contributed by atoms with E-state index in [9.17, 15) is 14.0 Å². The van der Waals surface area contributed by atoms with E-state index in [-0.39, 0.29) is 23.6 Å². The number of likely N-dealkylation sites (tertiary alicyclic amines) is 1. The topological polar surface area (TPSA) is 64.4 Å². The number of hydrogen-bond acceptors (Lipinski definition) is 4. The molecule has 1 amide bonds. The van der Waals surface area contributed by atoms with Crippen molar-refractivity contribution in [3.8, 4) is 5.69 Å². The average molecular weight is 373 g/mol. The number of nitrogens with zero attached hydrogens (tertiary/aromatic N) is 3. The summed E-state index contributed by atoms with van der Waals surface area (Å²) in [5, 5.41) is 4.34. The molecule has 3 rings (SSSR count). The van der Waals surface area contributed by atoms with Gasteiger partial charge in [0.1, 0.15) is 5.82 Å². The molecule has 2 heterocycles. The van der Waals surface area contributed by atoms with Gasteiger partial charge in [-0.3, -0.25) is 9.59 Å². The van der Waals surface area contributed by atoms with Crippen molar-refractivity contribution >= 4 is 11.9 Å². The average Bonchev–Trinajstić information content (AvgIpc) is 3.12. The lowest BCUT2D eigenvalue weighted by Gasteiger charge is -2.31. The molecule has 27 heavy (non-hydrogen) atoms. The molecule has 1 unspecified atom stereocenters. The van der Waals surface area contributed by atoms with E-state index in [1.54, 1.807) is 34.8 Å². The van der Waals surface area contributed by atoms with Crippen molar-refractivity contribution < 1.29 is 18.7 Å². The number of amides is 1. The van der Waals surface area contributed by atoms with Crippen LogP contribution in [-0.2, 0) is 16.0 Å². The fourth-order valence-electron chi connectivity index (χ4n) is 3.48. The quantitative estimate of drug-likeness (QED) is 0.756. The third-order valence-corrected chi connectivity index (χ3v) is 4.83. The van der Waals surface area contributed by atoms with Crippen LogP contribution in [0.2, 0.25) is 0 Å². The Hall–Kier alpha value is -2.70. The van der Waals surface area contributed by atoms with Gasteiger partial charge in [0.15, 0.2) is 0 Å².